The molecule has 4 heteroatoms. The van der Waals surface area contributed by atoms with Crippen LogP contribution in [0.2, 0.25) is 0 Å². The molecule has 0 spiro atoms. The van der Waals surface area contributed by atoms with Crippen molar-refractivity contribution in [2.75, 3.05) is 48.4 Å². The number of hydrogen-bond acceptors (Lipinski definition) is 3. The highest BCUT2D eigenvalue weighted by molar-refractivity contribution is 7.68. The summed E-state index contributed by atoms with van der Waals surface area (Å²) in [6.45, 7) is 2.26. The van der Waals surface area contributed by atoms with Crippen molar-refractivity contribution >= 4 is 7.71 Å². The Morgan fingerprint density at radius 3 is 1.00 bits per heavy atom. The van der Waals surface area contributed by atoms with E-state index in [0.717, 1.165) is 0 Å². The van der Waals surface area contributed by atoms with Gasteiger partial charge in [-0.15, -0.1) is 0 Å². The Kier molecular flexibility index (Phi) is 4.64. The summed E-state index contributed by atoms with van der Waals surface area (Å²) in [5, 5.41) is 0. The van der Waals surface area contributed by atoms with Gasteiger partial charge in [0, 0.05) is 42.3 Å². The van der Waals surface area contributed by atoms with Crippen LogP contribution in [0, 0.1) is 0 Å². The van der Waals surface area contributed by atoms with Crippen molar-refractivity contribution in [3.63, 3.8) is 0 Å². The molecule has 0 aliphatic rings. The van der Waals surface area contributed by atoms with E-state index in [2.05, 4.69) is 63.2 Å². The van der Waals surface area contributed by atoms with Crippen LogP contribution in [-0.4, -0.2) is 62.5 Å². The summed E-state index contributed by atoms with van der Waals surface area (Å²) in [7, 11) is 11.8. The molecule has 0 aromatic carbocycles. The normalized spacial score (nSPS) is 13.5. The summed E-state index contributed by atoms with van der Waals surface area (Å²) in [5.74, 6) is 0. The Hall–Kier alpha value is 0.310. The smallest absolute Gasteiger partial charge is 0.155 e. The fourth-order valence-electron chi connectivity index (χ4n) is 1.92. The molecule has 0 N–H and O–H groups in total. The topological polar surface area (TPSA) is 9.72 Å². The van der Waals surface area contributed by atoms with E-state index in [4.69, 9.17) is 0 Å². The molecule has 0 unspecified atom stereocenters. The lowest BCUT2D eigenvalue weighted by atomic mass is 11.0. The monoisotopic (exact) mass is 192 g/mol. The molecular weight excluding hydrogens is 169 g/mol. The van der Waals surface area contributed by atoms with Gasteiger partial charge in [-0.3, -0.25) is 0 Å². The zero-order valence-electron chi connectivity index (χ0n) is 9.50. The molecule has 0 rings (SSSR count). The standard InChI is InChI=1S/C8H23N3P/c1-8-12(9(2)3,10(4)5)11(6)7/h8H2,1-7H3/q+1. The Labute approximate surface area is 77.8 Å². The molecular formula is C8H23N3P+. The van der Waals surface area contributed by atoms with Gasteiger partial charge in [-0.2, -0.15) is 14.0 Å². The predicted molar refractivity (Wildman–Crippen MR) is 58.5 cm³/mol. The molecule has 0 saturated heterocycles. The molecule has 0 fully saturated rings. The second-order valence-electron chi connectivity index (χ2n) is 3.55. The molecule has 12 heavy (non-hydrogen) atoms. The maximum atomic E-state index is 2.35. The van der Waals surface area contributed by atoms with Crippen molar-refractivity contribution in [3.8, 4) is 0 Å². The van der Waals surface area contributed by atoms with Gasteiger partial charge < -0.3 is 0 Å². The molecule has 0 radical (unpaired) electrons. The van der Waals surface area contributed by atoms with Gasteiger partial charge in [0.25, 0.3) is 0 Å². The first kappa shape index (κ1) is 12.3. The van der Waals surface area contributed by atoms with Crippen LogP contribution in [0.15, 0.2) is 0 Å². The second kappa shape index (κ2) is 4.52. The van der Waals surface area contributed by atoms with Crippen LogP contribution in [0.5, 0.6) is 0 Å². The van der Waals surface area contributed by atoms with E-state index in [9.17, 15) is 0 Å². The lowest BCUT2D eigenvalue weighted by Gasteiger charge is -2.39. The molecule has 0 atom stereocenters. The Morgan fingerprint density at radius 1 is 0.750 bits per heavy atom. The molecule has 74 valence electrons. The Bertz CT molecular complexity index is 112. The molecule has 0 aromatic rings. The summed E-state index contributed by atoms with van der Waals surface area (Å²) in [5.41, 5.74) is 0. The number of rotatable bonds is 4. The third-order valence-electron chi connectivity index (χ3n) is 2.35. The van der Waals surface area contributed by atoms with Gasteiger partial charge in [-0.25, -0.2) is 0 Å². The van der Waals surface area contributed by atoms with E-state index in [1.54, 1.807) is 0 Å². The second-order valence-corrected chi connectivity index (χ2v) is 7.97. The molecule has 0 aliphatic carbocycles. The SMILES string of the molecule is CC[P+](N(C)C)(N(C)C)N(C)C. The summed E-state index contributed by atoms with van der Waals surface area (Å²) >= 11 is 0. The van der Waals surface area contributed by atoms with Gasteiger partial charge in [-0.05, 0) is 6.92 Å². The summed E-state index contributed by atoms with van der Waals surface area (Å²) in [6, 6.07) is 0. The first-order valence-electron chi connectivity index (χ1n) is 4.31. The average Bonchev–Trinajstić information content (AvgIpc) is 1.86. The molecule has 3 nitrogen and oxygen atoms in total. The van der Waals surface area contributed by atoms with Gasteiger partial charge in [0.1, 0.15) is 6.16 Å². The van der Waals surface area contributed by atoms with Crippen molar-refractivity contribution in [1.82, 2.24) is 14.0 Å². The van der Waals surface area contributed by atoms with Crippen molar-refractivity contribution < 1.29 is 0 Å². The highest BCUT2D eigenvalue weighted by atomic mass is 31.2. The number of hydrogen-bond donors (Lipinski definition) is 0. The molecule has 0 aromatic heterocycles. The van der Waals surface area contributed by atoms with E-state index in [-0.39, 0.29) is 0 Å². The molecule has 0 aliphatic heterocycles. The van der Waals surface area contributed by atoms with Crippen molar-refractivity contribution in [2.24, 2.45) is 0 Å². The number of nitrogens with zero attached hydrogens (tertiary/aromatic N) is 3. The zero-order valence-corrected chi connectivity index (χ0v) is 10.4. The van der Waals surface area contributed by atoms with Gasteiger partial charge in [0.05, 0.1) is 0 Å². The molecule has 0 heterocycles. The third-order valence-corrected chi connectivity index (χ3v) is 7.04. The van der Waals surface area contributed by atoms with Crippen LogP contribution in [0.4, 0.5) is 0 Å². The van der Waals surface area contributed by atoms with Crippen molar-refractivity contribution in [1.29, 1.82) is 0 Å². The lowest BCUT2D eigenvalue weighted by molar-refractivity contribution is 0.460. The first-order chi connectivity index (χ1) is 5.39. The average molecular weight is 192 g/mol. The first-order valence-corrected chi connectivity index (χ1v) is 6.14. The van der Waals surface area contributed by atoms with Crippen LogP contribution in [-0.2, 0) is 0 Å². The highest BCUT2D eigenvalue weighted by Gasteiger charge is 2.45. The predicted octanol–water partition coefficient (Wildman–Crippen LogP) is 1.45. The maximum Gasteiger partial charge on any atom is 0.225 e. The molecule has 0 saturated carbocycles. The third kappa shape index (κ3) is 1.97. The van der Waals surface area contributed by atoms with Crippen LogP contribution >= 0.6 is 7.71 Å². The quantitative estimate of drug-likeness (QED) is 0.624. The van der Waals surface area contributed by atoms with E-state index in [0.29, 0.717) is 0 Å². The van der Waals surface area contributed by atoms with Crippen LogP contribution < -0.4 is 0 Å². The highest BCUT2D eigenvalue weighted by Crippen LogP contribution is 2.62. The minimum Gasteiger partial charge on any atom is -0.155 e. The molecule has 0 bridgehead atoms. The van der Waals surface area contributed by atoms with Crippen LogP contribution in [0.25, 0.3) is 0 Å². The van der Waals surface area contributed by atoms with Crippen molar-refractivity contribution in [3.05, 3.63) is 0 Å². The lowest BCUT2D eigenvalue weighted by Crippen LogP contribution is -2.37. The van der Waals surface area contributed by atoms with E-state index in [1.807, 2.05) is 0 Å². The van der Waals surface area contributed by atoms with Crippen LogP contribution in [0.1, 0.15) is 6.92 Å². The van der Waals surface area contributed by atoms with Gasteiger partial charge >= 0.3 is 0 Å². The van der Waals surface area contributed by atoms with E-state index in [1.165, 1.54) is 6.16 Å². The largest absolute Gasteiger partial charge is 0.225 e. The van der Waals surface area contributed by atoms with E-state index >= 15 is 0 Å². The van der Waals surface area contributed by atoms with Gasteiger partial charge in [0.2, 0.25) is 7.71 Å². The Morgan fingerprint density at radius 2 is 1.00 bits per heavy atom. The van der Waals surface area contributed by atoms with Crippen LogP contribution in [0.3, 0.4) is 0 Å². The van der Waals surface area contributed by atoms with Gasteiger partial charge in [-0.1, -0.05) is 0 Å². The fraction of sp³-hybridized carbons (Fsp3) is 1.00. The minimum atomic E-state index is -1.19. The zero-order chi connectivity index (χ0) is 9.94. The Balaban J connectivity index is 4.77. The van der Waals surface area contributed by atoms with E-state index < -0.39 is 7.71 Å². The summed E-state index contributed by atoms with van der Waals surface area (Å²) in [4.78, 5) is 0. The maximum absolute atomic E-state index is 2.35. The minimum absolute atomic E-state index is 1.19. The van der Waals surface area contributed by atoms with Gasteiger partial charge in [0.15, 0.2) is 0 Å². The fourth-order valence-corrected chi connectivity index (χ4v) is 5.77. The summed E-state index contributed by atoms with van der Waals surface area (Å²) < 4.78 is 7.06. The molecule has 0 amide bonds. The van der Waals surface area contributed by atoms with Crippen molar-refractivity contribution in [2.45, 2.75) is 6.92 Å². The summed E-state index contributed by atoms with van der Waals surface area (Å²) in [6.07, 6.45) is 1.19.